The second-order valence-electron chi connectivity index (χ2n) is 7.65. The molecule has 0 saturated carbocycles. The molecule has 4 bridgehead atoms. The Morgan fingerprint density at radius 3 is 0.957 bits per heavy atom. The van der Waals surface area contributed by atoms with Crippen LogP contribution in [0.25, 0.3) is 0 Å². The molecule has 0 aliphatic carbocycles. The maximum atomic E-state index is 2.76. The number of hydrogen-bond acceptors (Lipinski definition) is 3. The van der Waals surface area contributed by atoms with Crippen LogP contribution in [-0.4, -0.2) is 93.2 Å². The first-order valence-electron chi connectivity index (χ1n) is 9.91. The minimum atomic E-state index is 0. The molecule has 23 heavy (non-hydrogen) atoms. The summed E-state index contributed by atoms with van der Waals surface area (Å²) in [6.45, 7) is 16.2. The first-order valence-corrected chi connectivity index (χ1v) is 9.91. The van der Waals surface area contributed by atoms with Crippen molar-refractivity contribution < 1.29 is 23.8 Å². The van der Waals surface area contributed by atoms with Crippen molar-refractivity contribution in [1.29, 1.82) is 0 Å². The fraction of sp³-hybridized carbons (Fsp3) is 1.00. The van der Waals surface area contributed by atoms with Gasteiger partial charge in [0.2, 0.25) is 0 Å². The molecular formula is C18H37LiN4+2. The minimum Gasteiger partial charge on any atom is -0.335 e. The van der Waals surface area contributed by atoms with E-state index in [1.54, 1.807) is 0 Å². The average Bonchev–Trinajstić information content (AvgIpc) is 2.47. The Morgan fingerprint density at radius 1 is 0.391 bits per heavy atom. The van der Waals surface area contributed by atoms with Gasteiger partial charge in [0.05, 0.1) is 19.6 Å². The first kappa shape index (κ1) is 19.8. The van der Waals surface area contributed by atoms with Crippen molar-refractivity contribution in [2.75, 3.05) is 78.5 Å². The molecule has 0 aromatic rings. The molecule has 0 amide bonds. The van der Waals surface area contributed by atoms with Crippen molar-refractivity contribution >= 4 is 0 Å². The van der Waals surface area contributed by atoms with Crippen LogP contribution in [0.1, 0.15) is 38.5 Å². The van der Waals surface area contributed by atoms with E-state index in [1.807, 2.05) is 4.90 Å². The summed E-state index contributed by atoms with van der Waals surface area (Å²) in [7, 11) is 0. The summed E-state index contributed by atoms with van der Waals surface area (Å²) in [6.07, 6.45) is 8.34. The molecular weight excluding hydrogens is 279 g/mol. The molecule has 4 aliphatic heterocycles. The van der Waals surface area contributed by atoms with Gasteiger partial charge in [0.15, 0.2) is 0 Å². The van der Waals surface area contributed by atoms with Crippen LogP contribution >= 0.6 is 0 Å². The van der Waals surface area contributed by atoms with Crippen LogP contribution in [-0.2, 0) is 0 Å². The van der Waals surface area contributed by atoms with Crippen LogP contribution in [0, 0.1) is 0 Å². The molecule has 4 fully saturated rings. The third-order valence-electron chi connectivity index (χ3n) is 5.86. The van der Waals surface area contributed by atoms with Crippen LogP contribution in [0.5, 0.6) is 0 Å². The Kier molecular flexibility index (Phi) is 9.56. The van der Waals surface area contributed by atoms with E-state index in [1.165, 1.54) is 117 Å². The van der Waals surface area contributed by atoms with Crippen molar-refractivity contribution in [2.24, 2.45) is 0 Å². The van der Waals surface area contributed by atoms with Gasteiger partial charge < -0.3 is 19.6 Å². The zero-order valence-electron chi connectivity index (χ0n) is 15.6. The molecule has 0 unspecified atom stereocenters. The second kappa shape index (κ2) is 11.1. The number of fused-ring (bicyclic) bond motifs is 12. The third-order valence-corrected chi connectivity index (χ3v) is 5.86. The van der Waals surface area contributed by atoms with Crippen molar-refractivity contribution in [2.45, 2.75) is 38.5 Å². The Hall–Kier alpha value is 0.437. The van der Waals surface area contributed by atoms with E-state index in [2.05, 4.69) is 14.7 Å². The second-order valence-corrected chi connectivity index (χ2v) is 7.65. The predicted octanol–water partition coefficient (Wildman–Crippen LogP) is -2.84. The fourth-order valence-electron chi connectivity index (χ4n) is 4.59. The normalized spacial score (nSPS) is 37.6. The van der Waals surface area contributed by atoms with E-state index >= 15 is 0 Å². The Balaban J connectivity index is 0.00000192. The van der Waals surface area contributed by atoms with Crippen molar-refractivity contribution in [1.82, 2.24) is 14.7 Å². The summed E-state index contributed by atoms with van der Waals surface area (Å²) in [5, 5.41) is 0. The molecule has 1 N–H and O–H groups in total. The van der Waals surface area contributed by atoms with E-state index in [-0.39, 0.29) is 18.9 Å². The summed E-state index contributed by atoms with van der Waals surface area (Å²) in [6, 6.07) is 0. The van der Waals surface area contributed by atoms with Gasteiger partial charge in [-0.05, 0) is 58.5 Å². The minimum absolute atomic E-state index is 0. The molecule has 0 atom stereocenters. The molecule has 4 rings (SSSR count). The fourth-order valence-corrected chi connectivity index (χ4v) is 4.59. The number of nitrogens with zero attached hydrogens (tertiary/aromatic N) is 3. The first-order chi connectivity index (χ1) is 10.9. The average molecular weight is 316 g/mol. The summed E-state index contributed by atoms with van der Waals surface area (Å²) < 4.78 is 0. The Bertz CT molecular complexity index is 214. The van der Waals surface area contributed by atoms with Gasteiger partial charge in [0, 0.05) is 38.9 Å². The van der Waals surface area contributed by atoms with E-state index in [0.29, 0.717) is 0 Å². The van der Waals surface area contributed by atoms with Gasteiger partial charge >= 0.3 is 18.9 Å². The maximum absolute atomic E-state index is 2.76. The van der Waals surface area contributed by atoms with Crippen LogP contribution < -0.4 is 23.8 Å². The maximum Gasteiger partial charge on any atom is 1.00 e. The third kappa shape index (κ3) is 7.06. The van der Waals surface area contributed by atoms with Crippen molar-refractivity contribution in [3.63, 3.8) is 0 Å². The van der Waals surface area contributed by atoms with Gasteiger partial charge in [0.25, 0.3) is 0 Å². The van der Waals surface area contributed by atoms with Gasteiger partial charge in [-0.25, -0.2) is 0 Å². The smallest absolute Gasteiger partial charge is 0.335 e. The standard InChI is InChI=1S/C18H36N4.Li/c1-7-19-9-2-13-21-14-4-11-20(8-1)12-5-16-22(15-3-10-19)18-6-17-21;/h1-18H2;/q;+1/p+1. The van der Waals surface area contributed by atoms with Gasteiger partial charge in [0.1, 0.15) is 0 Å². The van der Waals surface area contributed by atoms with Gasteiger partial charge in [-0.15, -0.1) is 0 Å². The molecule has 0 aromatic carbocycles. The van der Waals surface area contributed by atoms with Crippen molar-refractivity contribution in [3.8, 4) is 0 Å². The van der Waals surface area contributed by atoms with E-state index in [4.69, 9.17) is 0 Å². The van der Waals surface area contributed by atoms with E-state index < -0.39 is 0 Å². The molecule has 0 radical (unpaired) electrons. The monoisotopic (exact) mass is 316 g/mol. The van der Waals surface area contributed by atoms with Crippen LogP contribution in [0.15, 0.2) is 0 Å². The number of quaternary nitrogens is 1. The Labute approximate surface area is 155 Å². The zero-order valence-corrected chi connectivity index (χ0v) is 15.6. The number of rotatable bonds is 0. The molecule has 4 nitrogen and oxygen atoms in total. The van der Waals surface area contributed by atoms with Crippen LogP contribution in [0.2, 0.25) is 0 Å². The molecule has 4 aliphatic rings. The van der Waals surface area contributed by atoms with Gasteiger partial charge in [-0.2, -0.15) is 0 Å². The SMILES string of the molecule is C1CN2CCCN3CCCN(C1)CCC[NH+](CCC2)CCC3.[Li+]. The number of hydrogen-bond donors (Lipinski definition) is 1. The molecule has 128 valence electrons. The molecule has 4 saturated heterocycles. The van der Waals surface area contributed by atoms with Gasteiger partial charge in [-0.1, -0.05) is 0 Å². The largest absolute Gasteiger partial charge is 1.00 e. The van der Waals surface area contributed by atoms with Crippen molar-refractivity contribution in [3.05, 3.63) is 0 Å². The Morgan fingerprint density at radius 2 is 0.652 bits per heavy atom. The quantitative estimate of drug-likeness (QED) is 0.485. The summed E-state index contributed by atoms with van der Waals surface area (Å²) >= 11 is 0. The molecule has 0 aromatic heterocycles. The number of nitrogens with one attached hydrogen (secondary N) is 1. The molecule has 0 spiro atoms. The predicted molar refractivity (Wildman–Crippen MR) is 92.6 cm³/mol. The van der Waals surface area contributed by atoms with E-state index in [9.17, 15) is 0 Å². The van der Waals surface area contributed by atoms with E-state index in [0.717, 1.165) is 0 Å². The summed E-state index contributed by atoms with van der Waals surface area (Å²) in [5.41, 5.74) is 0. The topological polar surface area (TPSA) is 14.2 Å². The summed E-state index contributed by atoms with van der Waals surface area (Å²) in [4.78, 5) is 10.2. The molecule has 4 heterocycles. The zero-order chi connectivity index (χ0) is 15.0. The van der Waals surface area contributed by atoms with Crippen LogP contribution in [0.4, 0.5) is 0 Å². The van der Waals surface area contributed by atoms with Gasteiger partial charge in [-0.3, -0.25) is 0 Å². The summed E-state index contributed by atoms with van der Waals surface area (Å²) in [5.74, 6) is 0. The molecule has 5 heteroatoms. The van der Waals surface area contributed by atoms with Crippen LogP contribution in [0.3, 0.4) is 0 Å².